The lowest BCUT2D eigenvalue weighted by atomic mass is 9.68. The Balaban J connectivity index is 0.00000103. The van der Waals surface area contributed by atoms with E-state index in [9.17, 15) is 9.18 Å². The number of carbonyl (C=O) groups is 1. The number of ether oxygens (including phenoxy) is 1. The second-order valence-electron chi connectivity index (χ2n) is 11.0. The lowest BCUT2D eigenvalue weighted by Crippen LogP contribution is -2.54. The van der Waals surface area contributed by atoms with E-state index >= 15 is 13.2 Å². The molecule has 2 aromatic rings. The Labute approximate surface area is 255 Å². The van der Waals surface area contributed by atoms with Gasteiger partial charge in [0, 0.05) is 0 Å². The lowest BCUT2D eigenvalue weighted by Gasteiger charge is -2.38. The van der Waals surface area contributed by atoms with Crippen LogP contribution in [0.1, 0.15) is 64.5 Å². The zero-order valence-electron chi connectivity index (χ0n) is 22.5. The number of nitrogens with zero attached hydrogens (tertiary/aromatic N) is 1. The number of benzene rings is 2. The van der Waals surface area contributed by atoms with Crippen molar-refractivity contribution in [1.82, 2.24) is 0 Å². The number of halogens is 8. The summed E-state index contributed by atoms with van der Waals surface area (Å²) in [4.78, 5) is 17.8. The van der Waals surface area contributed by atoms with Gasteiger partial charge in [0.05, 0.1) is 31.8 Å². The highest BCUT2D eigenvalue weighted by Crippen LogP contribution is 2.53. The predicted molar refractivity (Wildman–Crippen MR) is 156 cm³/mol. The summed E-state index contributed by atoms with van der Waals surface area (Å²) in [6, 6.07) is 5.80. The smallest absolute Gasteiger partial charge is 0.401 e. The quantitative estimate of drug-likeness (QED) is 0.182. The molecule has 4 unspecified atom stereocenters. The maximum atomic E-state index is 15.1. The average molecular weight is 688 g/mol. The van der Waals surface area contributed by atoms with Crippen molar-refractivity contribution >= 4 is 62.4 Å². The highest BCUT2D eigenvalue weighted by atomic mass is 79.9. The molecule has 1 saturated carbocycles. The summed E-state index contributed by atoms with van der Waals surface area (Å²) in [6.45, 7) is 7.70. The first-order valence-electron chi connectivity index (χ1n) is 13.0. The van der Waals surface area contributed by atoms with E-state index in [0.717, 1.165) is 37.0 Å². The molecular weight excluding hydrogens is 657 g/mol. The Hall–Kier alpha value is -1.35. The van der Waals surface area contributed by atoms with Crippen LogP contribution >= 0.6 is 50.7 Å². The van der Waals surface area contributed by atoms with Gasteiger partial charge in [-0.3, -0.25) is 9.79 Å². The highest BCUT2D eigenvalue weighted by molar-refractivity contribution is 9.10. The van der Waals surface area contributed by atoms with Crippen LogP contribution in [0.3, 0.4) is 0 Å². The molecule has 1 aliphatic heterocycles. The average Bonchev–Trinajstić information content (AvgIpc) is 3.26. The molecule has 1 heterocycles. The van der Waals surface area contributed by atoms with Gasteiger partial charge in [-0.1, -0.05) is 75.0 Å². The minimum Gasteiger partial charge on any atom is -0.462 e. The molecule has 2 aromatic carbocycles. The molecule has 2 aliphatic rings. The second kappa shape index (κ2) is 13.3. The number of alkyl halides is 3. The van der Waals surface area contributed by atoms with E-state index in [1.54, 1.807) is 0 Å². The molecule has 11 heteroatoms. The lowest BCUT2D eigenvalue weighted by molar-refractivity contribution is -0.203. The van der Waals surface area contributed by atoms with Crippen LogP contribution in [-0.4, -0.2) is 30.5 Å². The second-order valence-corrected chi connectivity index (χ2v) is 13.1. The van der Waals surface area contributed by atoms with E-state index in [2.05, 4.69) is 41.7 Å². The van der Waals surface area contributed by atoms with E-state index < -0.39 is 41.9 Å². The number of esters is 1. The molecule has 40 heavy (non-hydrogen) atoms. The topological polar surface area (TPSA) is 38.7 Å². The first-order chi connectivity index (χ1) is 18.6. The molecule has 0 aromatic heterocycles. The normalized spacial score (nSPS) is 24.8. The minimum atomic E-state index is -4.96. The molecule has 220 valence electrons. The highest BCUT2D eigenvalue weighted by Gasteiger charge is 2.67. The Morgan fingerprint density at radius 1 is 1.10 bits per heavy atom. The van der Waals surface area contributed by atoms with Gasteiger partial charge in [-0.2, -0.15) is 13.2 Å². The summed E-state index contributed by atoms with van der Waals surface area (Å²) in [6.07, 6.45) is -2.57. The van der Waals surface area contributed by atoms with E-state index in [1.165, 1.54) is 12.1 Å². The molecule has 3 nitrogen and oxygen atoms in total. The fraction of sp³-hybridized carbons (Fsp3) is 0.517. The van der Waals surface area contributed by atoms with Gasteiger partial charge in [0.2, 0.25) is 0 Å². The van der Waals surface area contributed by atoms with Crippen LogP contribution in [0, 0.1) is 23.6 Å². The zero-order valence-corrected chi connectivity index (χ0v) is 26.4. The summed E-state index contributed by atoms with van der Waals surface area (Å²) in [5.74, 6) is -2.42. The monoisotopic (exact) mass is 685 g/mol. The van der Waals surface area contributed by atoms with Gasteiger partial charge in [-0.05, 0) is 82.4 Å². The van der Waals surface area contributed by atoms with Gasteiger partial charge in [0.1, 0.15) is 23.3 Å². The standard InChI is InChI=1S/C25H21BrCl3F4NO2.C4H10/c1-12-3-2-4-15(7-12)36-23(35)20-22(13-5-6-19(30)16(26)8-13)34-11-24(20,25(31,32)33)14-9-17(27)21(29)18(28)10-14;1-4(2)3/h5-6,8-10,12,15,20H,2-4,7,11H2,1H3;4H,1-3H3. The van der Waals surface area contributed by atoms with Crippen molar-refractivity contribution in [3.63, 3.8) is 0 Å². The van der Waals surface area contributed by atoms with Gasteiger partial charge in [0.25, 0.3) is 0 Å². The van der Waals surface area contributed by atoms with E-state index in [-0.39, 0.29) is 42.3 Å². The summed E-state index contributed by atoms with van der Waals surface area (Å²) < 4.78 is 64.9. The van der Waals surface area contributed by atoms with Crippen molar-refractivity contribution in [3.05, 3.63) is 66.8 Å². The predicted octanol–water partition coefficient (Wildman–Crippen LogP) is 10.3. The van der Waals surface area contributed by atoms with E-state index in [1.807, 2.05) is 6.92 Å². The zero-order chi connectivity index (χ0) is 30.0. The molecule has 1 fully saturated rings. The molecule has 0 saturated heterocycles. The van der Waals surface area contributed by atoms with Crippen molar-refractivity contribution in [2.45, 2.75) is 71.1 Å². The molecule has 0 spiro atoms. The van der Waals surface area contributed by atoms with Crippen LogP contribution < -0.4 is 0 Å². The maximum Gasteiger partial charge on any atom is 0.401 e. The van der Waals surface area contributed by atoms with Crippen LogP contribution in [0.4, 0.5) is 17.6 Å². The largest absolute Gasteiger partial charge is 0.462 e. The van der Waals surface area contributed by atoms with Gasteiger partial charge in [-0.15, -0.1) is 0 Å². The summed E-state index contributed by atoms with van der Waals surface area (Å²) in [5.41, 5.74) is -3.16. The van der Waals surface area contributed by atoms with Gasteiger partial charge in [0.15, 0.2) is 0 Å². The molecule has 0 N–H and O–H groups in total. The Bertz CT molecular complexity index is 1240. The number of hydrogen-bond acceptors (Lipinski definition) is 3. The van der Waals surface area contributed by atoms with E-state index in [4.69, 9.17) is 39.5 Å². The molecular formula is C29H31BrCl3F4NO2. The molecule has 0 bridgehead atoms. The third kappa shape index (κ3) is 7.16. The minimum absolute atomic E-state index is 0.0259. The fourth-order valence-corrected chi connectivity index (χ4v) is 6.03. The first kappa shape index (κ1) is 33.2. The number of rotatable bonds is 4. The Morgan fingerprint density at radius 3 is 2.23 bits per heavy atom. The van der Waals surface area contributed by atoms with Crippen LogP contribution in [0.15, 0.2) is 39.8 Å². The van der Waals surface area contributed by atoms with Crippen molar-refractivity contribution in [2.75, 3.05) is 6.54 Å². The summed E-state index contributed by atoms with van der Waals surface area (Å²) >= 11 is 21.3. The van der Waals surface area contributed by atoms with Crippen molar-refractivity contribution in [1.29, 1.82) is 0 Å². The fourth-order valence-electron chi connectivity index (χ4n) is 5.06. The molecule has 0 radical (unpaired) electrons. The van der Waals surface area contributed by atoms with Crippen molar-refractivity contribution < 1.29 is 27.1 Å². The summed E-state index contributed by atoms with van der Waals surface area (Å²) in [7, 11) is 0. The van der Waals surface area contributed by atoms with Crippen LogP contribution in [0.2, 0.25) is 15.1 Å². The SMILES string of the molecule is CC(C)C.CC1CCCC(OC(=O)C2C(c3ccc(F)c(Br)c3)=NCC2(c2cc(Cl)c(Cl)c(Cl)c2)C(F)(F)F)C1. The molecule has 4 rings (SSSR count). The van der Waals surface area contributed by atoms with Gasteiger partial charge < -0.3 is 4.74 Å². The third-order valence-corrected chi connectivity index (χ3v) is 8.70. The third-order valence-electron chi connectivity index (χ3n) is 6.89. The van der Waals surface area contributed by atoms with Gasteiger partial charge >= 0.3 is 12.1 Å². The molecule has 0 amide bonds. The number of hydrogen-bond donors (Lipinski definition) is 0. The number of carbonyl (C=O) groups excluding carboxylic acids is 1. The number of aliphatic imine (C=N–C) groups is 1. The van der Waals surface area contributed by atoms with Crippen molar-refractivity contribution in [3.8, 4) is 0 Å². The Morgan fingerprint density at radius 2 is 1.70 bits per heavy atom. The molecule has 1 aliphatic carbocycles. The summed E-state index contributed by atoms with van der Waals surface area (Å²) in [5, 5.41) is -0.473. The maximum absolute atomic E-state index is 15.1. The van der Waals surface area contributed by atoms with Crippen molar-refractivity contribution in [2.24, 2.45) is 22.7 Å². The van der Waals surface area contributed by atoms with Gasteiger partial charge in [-0.25, -0.2) is 4.39 Å². The van der Waals surface area contributed by atoms with E-state index in [0.29, 0.717) is 12.8 Å². The molecule has 4 atom stereocenters. The van der Waals surface area contributed by atoms with Crippen LogP contribution in [0.5, 0.6) is 0 Å². The van der Waals surface area contributed by atoms with Crippen LogP contribution in [0.25, 0.3) is 0 Å². The first-order valence-corrected chi connectivity index (χ1v) is 14.9. The Kier molecular flexibility index (Phi) is 11.0. The van der Waals surface area contributed by atoms with Crippen LogP contribution in [-0.2, 0) is 14.9 Å².